The highest BCUT2D eigenvalue weighted by molar-refractivity contribution is 7.20. The number of benzene rings is 1. The summed E-state index contributed by atoms with van der Waals surface area (Å²) in [4.78, 5) is 33.1. The number of thiophene rings is 1. The molecule has 3 heterocycles. The lowest BCUT2D eigenvalue weighted by atomic mass is 10.1. The second-order valence-corrected chi connectivity index (χ2v) is 8.01. The zero-order valence-corrected chi connectivity index (χ0v) is 17.7. The molecule has 0 aliphatic rings. The molecule has 0 spiro atoms. The number of esters is 1. The van der Waals surface area contributed by atoms with Crippen LogP contribution < -0.4 is 10.1 Å². The van der Waals surface area contributed by atoms with E-state index in [0.717, 1.165) is 6.42 Å². The van der Waals surface area contributed by atoms with Crippen molar-refractivity contribution in [1.29, 1.82) is 0 Å². The second kappa shape index (κ2) is 8.59. The Bertz CT molecular complexity index is 1240. The molecule has 3 aromatic heterocycles. The van der Waals surface area contributed by atoms with E-state index in [0.29, 0.717) is 39.6 Å². The van der Waals surface area contributed by atoms with Crippen molar-refractivity contribution >= 4 is 27.5 Å². The first-order valence-electron chi connectivity index (χ1n) is 9.76. The van der Waals surface area contributed by atoms with Crippen LogP contribution in [0.25, 0.3) is 10.2 Å². The molecular weight excluding hydrogens is 398 g/mol. The Labute approximate surface area is 177 Å². The number of pyridine rings is 1. The lowest BCUT2D eigenvalue weighted by Gasteiger charge is -2.02. The molecule has 0 saturated heterocycles. The average molecular weight is 421 g/mol. The maximum absolute atomic E-state index is 12.6. The number of aromatic nitrogens is 3. The van der Waals surface area contributed by atoms with Crippen molar-refractivity contribution in [2.75, 3.05) is 6.61 Å². The van der Waals surface area contributed by atoms with Crippen molar-refractivity contribution in [3.05, 3.63) is 92.6 Å². The number of hydrogen-bond donors (Lipinski definition) is 1. The summed E-state index contributed by atoms with van der Waals surface area (Å²) in [5.41, 5.74) is 2.85. The van der Waals surface area contributed by atoms with Crippen molar-refractivity contribution < 1.29 is 14.1 Å². The van der Waals surface area contributed by atoms with Crippen LogP contribution in [0.3, 0.4) is 0 Å². The average Bonchev–Trinajstić information content (AvgIpc) is 3.07. The Morgan fingerprint density at radius 3 is 2.53 bits per heavy atom. The molecule has 0 aliphatic carbocycles. The number of carbonyl (C=O) groups is 1. The molecule has 152 valence electrons. The summed E-state index contributed by atoms with van der Waals surface area (Å²) < 4.78 is 7.05. The number of aryl methyl sites for hydroxylation is 1. The Balaban J connectivity index is 1.56. The van der Waals surface area contributed by atoms with Crippen LogP contribution in [0, 0.1) is 6.92 Å². The summed E-state index contributed by atoms with van der Waals surface area (Å²) in [7, 11) is 0. The van der Waals surface area contributed by atoms with Gasteiger partial charge >= 0.3 is 5.97 Å². The largest absolute Gasteiger partial charge is 0.462 e. The highest BCUT2D eigenvalue weighted by atomic mass is 32.1. The fraction of sp³-hybridized carbons (Fsp3) is 0.217. The van der Waals surface area contributed by atoms with Gasteiger partial charge in [-0.3, -0.25) is 4.79 Å². The number of H-pyrrole nitrogens is 1. The van der Waals surface area contributed by atoms with Gasteiger partial charge in [0.2, 0.25) is 6.54 Å². The molecule has 0 amide bonds. The van der Waals surface area contributed by atoms with Gasteiger partial charge in [-0.1, -0.05) is 30.3 Å². The van der Waals surface area contributed by atoms with Crippen molar-refractivity contribution in [2.24, 2.45) is 0 Å². The van der Waals surface area contributed by atoms with Gasteiger partial charge in [0, 0.05) is 12.1 Å². The van der Waals surface area contributed by atoms with Gasteiger partial charge in [0.05, 0.1) is 12.0 Å². The summed E-state index contributed by atoms with van der Waals surface area (Å²) in [6, 6.07) is 14.4. The molecule has 1 aromatic carbocycles. The molecule has 30 heavy (non-hydrogen) atoms. The van der Waals surface area contributed by atoms with Crippen LogP contribution in [-0.2, 0) is 17.7 Å². The zero-order chi connectivity index (χ0) is 21.1. The molecule has 0 radical (unpaired) electrons. The van der Waals surface area contributed by atoms with Gasteiger partial charge in [0.1, 0.15) is 9.71 Å². The molecule has 0 unspecified atom stereocenters. The molecule has 4 aromatic rings. The van der Waals surface area contributed by atoms with Crippen molar-refractivity contribution in [3.8, 4) is 0 Å². The molecule has 4 rings (SSSR count). The summed E-state index contributed by atoms with van der Waals surface area (Å²) in [5.74, 6) is 0.132. The summed E-state index contributed by atoms with van der Waals surface area (Å²) in [6.07, 6.45) is 4.83. The third kappa shape index (κ3) is 4.16. The first-order chi connectivity index (χ1) is 14.5. The molecule has 0 aliphatic heterocycles. The number of nitrogens with zero attached hydrogens (tertiary/aromatic N) is 2. The molecule has 7 heteroatoms. The number of rotatable bonds is 6. The summed E-state index contributed by atoms with van der Waals surface area (Å²) in [6.45, 7) is 4.23. The highest BCUT2D eigenvalue weighted by Crippen LogP contribution is 2.27. The quantitative estimate of drug-likeness (QED) is 0.383. The first-order valence-corrected chi connectivity index (χ1v) is 10.6. The summed E-state index contributed by atoms with van der Waals surface area (Å²) in [5, 5.41) is 0.454. The van der Waals surface area contributed by atoms with E-state index in [1.807, 2.05) is 35.2 Å². The molecule has 1 N–H and O–H groups in total. The predicted octanol–water partition coefficient (Wildman–Crippen LogP) is 3.40. The first kappa shape index (κ1) is 20.0. The van der Waals surface area contributed by atoms with Gasteiger partial charge in [-0.25, -0.2) is 9.78 Å². The molecule has 0 fully saturated rings. The number of fused-ring (bicyclic) bond motifs is 1. The van der Waals surface area contributed by atoms with E-state index in [1.165, 1.54) is 22.5 Å². The third-order valence-corrected chi connectivity index (χ3v) is 6.02. The van der Waals surface area contributed by atoms with Crippen molar-refractivity contribution in [2.45, 2.75) is 26.8 Å². The molecular formula is C23H22N3O3S+. The van der Waals surface area contributed by atoms with Crippen LogP contribution in [0.5, 0.6) is 0 Å². The van der Waals surface area contributed by atoms with Crippen LogP contribution in [0.2, 0.25) is 0 Å². The lowest BCUT2D eigenvalue weighted by Crippen LogP contribution is -2.35. The lowest BCUT2D eigenvalue weighted by molar-refractivity contribution is -0.689. The van der Waals surface area contributed by atoms with E-state index in [9.17, 15) is 9.59 Å². The third-order valence-electron chi connectivity index (χ3n) is 4.85. The number of nitrogens with one attached hydrogen (secondary N) is 1. The van der Waals surface area contributed by atoms with Gasteiger partial charge in [-0.2, -0.15) is 4.57 Å². The standard InChI is InChI=1S/C23H21N3O3S/c1-3-29-23(28)20-15(2)19-21(27)24-18(25-22(19)30-20)14-26-11-9-17(10-12-26)13-16-7-5-4-6-8-16/h4-12H,3,13-14H2,1-2H3/p+1. The highest BCUT2D eigenvalue weighted by Gasteiger charge is 2.20. The Morgan fingerprint density at radius 2 is 1.83 bits per heavy atom. The van der Waals surface area contributed by atoms with Gasteiger partial charge in [-0.05, 0) is 37.0 Å². The van der Waals surface area contributed by atoms with Crippen LogP contribution in [0.15, 0.2) is 59.7 Å². The minimum absolute atomic E-state index is 0.236. The predicted molar refractivity (Wildman–Crippen MR) is 116 cm³/mol. The van der Waals surface area contributed by atoms with Crippen molar-refractivity contribution in [1.82, 2.24) is 9.97 Å². The molecule has 0 bridgehead atoms. The minimum atomic E-state index is -0.415. The number of hydrogen-bond acceptors (Lipinski definition) is 5. The monoisotopic (exact) mass is 420 g/mol. The Kier molecular flexibility index (Phi) is 5.72. The van der Waals surface area contributed by atoms with Gasteiger partial charge in [0.25, 0.3) is 5.56 Å². The van der Waals surface area contributed by atoms with Gasteiger partial charge in [0.15, 0.2) is 18.2 Å². The van der Waals surface area contributed by atoms with Crippen LogP contribution in [0.4, 0.5) is 0 Å². The topological polar surface area (TPSA) is 75.9 Å². The second-order valence-electron chi connectivity index (χ2n) is 7.01. The molecule has 0 atom stereocenters. The maximum Gasteiger partial charge on any atom is 0.348 e. The van der Waals surface area contributed by atoms with Crippen LogP contribution in [-0.4, -0.2) is 22.5 Å². The van der Waals surface area contributed by atoms with Crippen LogP contribution in [0.1, 0.15) is 39.1 Å². The Hall–Kier alpha value is -3.32. The number of ether oxygens (including phenoxy) is 1. The van der Waals surface area contributed by atoms with E-state index in [1.54, 1.807) is 13.8 Å². The van der Waals surface area contributed by atoms with E-state index in [2.05, 4.69) is 34.2 Å². The normalized spacial score (nSPS) is 11.0. The Morgan fingerprint density at radius 1 is 1.13 bits per heavy atom. The van der Waals surface area contributed by atoms with E-state index < -0.39 is 5.97 Å². The van der Waals surface area contributed by atoms with Crippen molar-refractivity contribution in [3.63, 3.8) is 0 Å². The SMILES string of the molecule is CCOC(=O)c1sc2nc(C[n+]3ccc(Cc4ccccc4)cc3)[nH]c(=O)c2c1C. The van der Waals surface area contributed by atoms with E-state index in [-0.39, 0.29) is 5.56 Å². The van der Waals surface area contributed by atoms with E-state index >= 15 is 0 Å². The molecule has 6 nitrogen and oxygen atoms in total. The number of aromatic amines is 1. The smallest absolute Gasteiger partial charge is 0.348 e. The number of carbonyl (C=O) groups excluding carboxylic acids is 1. The minimum Gasteiger partial charge on any atom is -0.462 e. The molecule has 0 saturated carbocycles. The van der Waals surface area contributed by atoms with Gasteiger partial charge < -0.3 is 9.72 Å². The fourth-order valence-corrected chi connectivity index (χ4v) is 4.47. The zero-order valence-electron chi connectivity index (χ0n) is 16.8. The van der Waals surface area contributed by atoms with Gasteiger partial charge in [-0.15, -0.1) is 11.3 Å². The van der Waals surface area contributed by atoms with E-state index in [4.69, 9.17) is 4.74 Å². The van der Waals surface area contributed by atoms with Crippen LogP contribution >= 0.6 is 11.3 Å². The fourth-order valence-electron chi connectivity index (χ4n) is 3.37. The summed E-state index contributed by atoms with van der Waals surface area (Å²) >= 11 is 1.20. The maximum atomic E-state index is 12.6.